The molecule has 0 radical (unpaired) electrons. The second kappa shape index (κ2) is 6.15. The van der Waals surface area contributed by atoms with Crippen molar-refractivity contribution in [3.8, 4) is 0 Å². The molecule has 0 amide bonds. The van der Waals surface area contributed by atoms with Crippen molar-refractivity contribution in [3.63, 3.8) is 0 Å². The molecule has 0 spiro atoms. The molecule has 94 valence electrons. The Bertz CT molecular complexity index is 322. The molecule has 1 fully saturated rings. The zero-order valence-corrected chi connectivity index (χ0v) is 10.1. The minimum Gasteiger partial charge on any atom is -0.391 e. The number of aliphatic hydroxyl groups is 1. The molecule has 17 heavy (non-hydrogen) atoms. The van der Waals surface area contributed by atoms with Gasteiger partial charge in [-0.2, -0.15) is 0 Å². The molecular formula is C14H21NO2. The molecule has 1 aliphatic heterocycles. The molecule has 1 saturated heterocycles. The summed E-state index contributed by atoms with van der Waals surface area (Å²) in [6.45, 7) is 1.46. The van der Waals surface area contributed by atoms with Crippen molar-refractivity contribution in [1.82, 2.24) is 0 Å². The molecule has 3 atom stereocenters. The second-order valence-electron chi connectivity index (χ2n) is 4.82. The third-order valence-corrected chi connectivity index (χ3v) is 3.43. The summed E-state index contributed by atoms with van der Waals surface area (Å²) >= 11 is 0. The monoisotopic (exact) mass is 235 g/mol. The molecule has 1 aromatic rings. The van der Waals surface area contributed by atoms with Gasteiger partial charge in [0.05, 0.1) is 12.7 Å². The fourth-order valence-electron chi connectivity index (χ4n) is 2.39. The second-order valence-corrected chi connectivity index (χ2v) is 4.82. The maximum absolute atomic E-state index is 10.2. The van der Waals surface area contributed by atoms with E-state index in [4.69, 9.17) is 10.5 Å². The predicted molar refractivity (Wildman–Crippen MR) is 67.7 cm³/mol. The van der Waals surface area contributed by atoms with Crippen LogP contribution in [0.25, 0.3) is 0 Å². The molecular weight excluding hydrogens is 214 g/mol. The van der Waals surface area contributed by atoms with Crippen molar-refractivity contribution in [3.05, 3.63) is 35.9 Å². The first-order valence-electron chi connectivity index (χ1n) is 6.32. The van der Waals surface area contributed by atoms with E-state index in [-0.39, 0.29) is 12.0 Å². The Morgan fingerprint density at radius 3 is 2.76 bits per heavy atom. The van der Waals surface area contributed by atoms with Crippen LogP contribution in [-0.2, 0) is 11.2 Å². The molecule has 2 rings (SSSR count). The molecule has 1 aromatic carbocycles. The van der Waals surface area contributed by atoms with E-state index in [1.54, 1.807) is 0 Å². The lowest BCUT2D eigenvalue weighted by molar-refractivity contribution is -0.0183. The van der Waals surface area contributed by atoms with Crippen molar-refractivity contribution >= 4 is 0 Å². The van der Waals surface area contributed by atoms with Gasteiger partial charge in [-0.1, -0.05) is 30.3 Å². The van der Waals surface area contributed by atoms with Crippen LogP contribution in [0.5, 0.6) is 0 Å². The number of nitrogens with two attached hydrogens (primary N) is 1. The summed E-state index contributed by atoms with van der Waals surface area (Å²) in [6.07, 6.45) is 2.30. The minimum absolute atomic E-state index is 0.197. The Balaban J connectivity index is 1.88. The van der Waals surface area contributed by atoms with Gasteiger partial charge in [0.1, 0.15) is 0 Å². The van der Waals surface area contributed by atoms with Gasteiger partial charge in [-0.3, -0.25) is 0 Å². The summed E-state index contributed by atoms with van der Waals surface area (Å²) in [6, 6.07) is 9.87. The topological polar surface area (TPSA) is 55.5 Å². The van der Waals surface area contributed by atoms with Crippen LogP contribution in [0.3, 0.4) is 0 Å². The largest absolute Gasteiger partial charge is 0.391 e. The van der Waals surface area contributed by atoms with Crippen LogP contribution in [0.2, 0.25) is 0 Å². The quantitative estimate of drug-likeness (QED) is 0.828. The van der Waals surface area contributed by atoms with E-state index in [2.05, 4.69) is 0 Å². The van der Waals surface area contributed by atoms with Crippen LogP contribution in [0.1, 0.15) is 18.4 Å². The smallest absolute Gasteiger partial charge is 0.0744 e. The molecule has 0 bridgehead atoms. The molecule has 3 N–H and O–H groups in total. The molecule has 0 saturated carbocycles. The van der Waals surface area contributed by atoms with E-state index >= 15 is 0 Å². The SMILES string of the molecule is NC(Cc1ccccc1)C(O)C1CCCOC1. The highest BCUT2D eigenvalue weighted by Crippen LogP contribution is 2.20. The van der Waals surface area contributed by atoms with Gasteiger partial charge in [-0.25, -0.2) is 0 Å². The number of hydrogen-bond acceptors (Lipinski definition) is 3. The zero-order chi connectivity index (χ0) is 12.1. The Morgan fingerprint density at radius 2 is 2.12 bits per heavy atom. The number of hydrogen-bond donors (Lipinski definition) is 2. The highest BCUT2D eigenvalue weighted by Gasteiger charge is 2.27. The van der Waals surface area contributed by atoms with Gasteiger partial charge >= 0.3 is 0 Å². The summed E-state index contributed by atoms with van der Waals surface area (Å²) in [5.74, 6) is 0.197. The van der Waals surface area contributed by atoms with Gasteiger partial charge < -0.3 is 15.6 Å². The molecule has 1 aliphatic rings. The predicted octanol–water partition coefficient (Wildman–Crippen LogP) is 1.34. The van der Waals surface area contributed by atoms with Crippen LogP contribution >= 0.6 is 0 Å². The van der Waals surface area contributed by atoms with E-state index in [0.717, 1.165) is 25.9 Å². The molecule has 3 unspecified atom stereocenters. The first kappa shape index (κ1) is 12.6. The van der Waals surface area contributed by atoms with Gasteiger partial charge in [0.2, 0.25) is 0 Å². The average Bonchev–Trinajstić information content (AvgIpc) is 2.40. The lowest BCUT2D eigenvalue weighted by Gasteiger charge is -2.30. The highest BCUT2D eigenvalue weighted by molar-refractivity contribution is 5.16. The average molecular weight is 235 g/mol. The first-order valence-corrected chi connectivity index (χ1v) is 6.32. The zero-order valence-electron chi connectivity index (χ0n) is 10.1. The lowest BCUT2D eigenvalue weighted by atomic mass is 9.89. The van der Waals surface area contributed by atoms with Gasteiger partial charge in [0, 0.05) is 18.6 Å². The third kappa shape index (κ3) is 3.53. The molecule has 0 aromatic heterocycles. The minimum atomic E-state index is -0.462. The Morgan fingerprint density at radius 1 is 1.35 bits per heavy atom. The van der Waals surface area contributed by atoms with E-state index in [1.807, 2.05) is 30.3 Å². The van der Waals surface area contributed by atoms with Gasteiger partial charge in [0.25, 0.3) is 0 Å². The van der Waals surface area contributed by atoms with Crippen LogP contribution < -0.4 is 5.73 Å². The van der Waals surface area contributed by atoms with E-state index in [9.17, 15) is 5.11 Å². The third-order valence-electron chi connectivity index (χ3n) is 3.43. The summed E-state index contributed by atoms with van der Waals surface area (Å²) in [7, 11) is 0. The Kier molecular flexibility index (Phi) is 4.54. The van der Waals surface area contributed by atoms with Gasteiger partial charge in [0.15, 0.2) is 0 Å². The maximum atomic E-state index is 10.2. The normalized spacial score (nSPS) is 24.2. The summed E-state index contributed by atoms with van der Waals surface area (Å²) in [4.78, 5) is 0. The Labute approximate surface area is 103 Å². The first-order chi connectivity index (χ1) is 8.27. The number of aliphatic hydroxyl groups excluding tert-OH is 1. The summed E-state index contributed by atoms with van der Waals surface area (Å²) < 4.78 is 5.39. The van der Waals surface area contributed by atoms with Crippen molar-refractivity contribution in [2.75, 3.05) is 13.2 Å². The number of benzene rings is 1. The fourth-order valence-corrected chi connectivity index (χ4v) is 2.39. The van der Waals surface area contributed by atoms with Crippen LogP contribution in [0.4, 0.5) is 0 Å². The van der Waals surface area contributed by atoms with Crippen LogP contribution in [-0.4, -0.2) is 30.5 Å². The summed E-state index contributed by atoms with van der Waals surface area (Å²) in [5, 5.41) is 10.2. The standard InChI is InChI=1S/C14H21NO2/c15-13(9-11-5-2-1-3-6-11)14(16)12-7-4-8-17-10-12/h1-3,5-6,12-14,16H,4,7-10,15H2. The van der Waals surface area contributed by atoms with Gasteiger partial charge in [-0.05, 0) is 24.8 Å². The van der Waals surface area contributed by atoms with Crippen LogP contribution in [0.15, 0.2) is 30.3 Å². The van der Waals surface area contributed by atoms with E-state index in [0.29, 0.717) is 6.61 Å². The van der Waals surface area contributed by atoms with E-state index < -0.39 is 6.10 Å². The molecule has 3 nitrogen and oxygen atoms in total. The highest BCUT2D eigenvalue weighted by atomic mass is 16.5. The molecule has 3 heteroatoms. The fraction of sp³-hybridized carbons (Fsp3) is 0.571. The van der Waals surface area contributed by atoms with Crippen molar-refractivity contribution in [1.29, 1.82) is 0 Å². The van der Waals surface area contributed by atoms with Crippen molar-refractivity contribution in [2.24, 2.45) is 11.7 Å². The van der Waals surface area contributed by atoms with Crippen LogP contribution in [0, 0.1) is 5.92 Å². The Hall–Kier alpha value is -0.900. The van der Waals surface area contributed by atoms with Crippen molar-refractivity contribution < 1.29 is 9.84 Å². The van der Waals surface area contributed by atoms with Crippen molar-refractivity contribution in [2.45, 2.75) is 31.4 Å². The lowest BCUT2D eigenvalue weighted by Crippen LogP contribution is -2.44. The van der Waals surface area contributed by atoms with Gasteiger partial charge in [-0.15, -0.1) is 0 Å². The molecule has 1 heterocycles. The number of rotatable bonds is 4. The van der Waals surface area contributed by atoms with E-state index in [1.165, 1.54) is 5.56 Å². The maximum Gasteiger partial charge on any atom is 0.0744 e. The summed E-state index contributed by atoms with van der Waals surface area (Å²) in [5.41, 5.74) is 7.25. The molecule has 0 aliphatic carbocycles. The number of ether oxygens (including phenoxy) is 1.